The second-order valence-electron chi connectivity index (χ2n) is 7.84. The first-order chi connectivity index (χ1) is 16.1. The molecule has 4 aromatic heterocycles. The van der Waals surface area contributed by atoms with Crippen LogP contribution in [0.4, 0.5) is 11.5 Å². The Morgan fingerprint density at radius 1 is 1.00 bits per heavy atom. The minimum absolute atomic E-state index is 0.200. The zero-order valence-corrected chi connectivity index (χ0v) is 18.4. The number of anilines is 2. The number of aromatic amines is 1. The number of hydrogen-bond donors (Lipinski definition) is 2. The first kappa shape index (κ1) is 20.6. The van der Waals surface area contributed by atoms with Gasteiger partial charge in [-0.15, -0.1) is 0 Å². The van der Waals surface area contributed by atoms with Gasteiger partial charge in [0.25, 0.3) is 5.56 Å². The van der Waals surface area contributed by atoms with Crippen molar-refractivity contribution in [3.63, 3.8) is 0 Å². The Hall–Kier alpha value is -4.33. The molecule has 0 atom stereocenters. The lowest BCUT2D eigenvalue weighted by Crippen LogP contribution is -2.09. The average molecular weight is 438 g/mol. The van der Waals surface area contributed by atoms with E-state index in [-0.39, 0.29) is 5.56 Å². The highest BCUT2D eigenvalue weighted by Gasteiger charge is 2.12. The topological polar surface area (TPSA) is 101 Å². The molecule has 8 nitrogen and oxygen atoms in total. The van der Waals surface area contributed by atoms with Gasteiger partial charge in [0.15, 0.2) is 0 Å². The highest BCUT2D eigenvalue weighted by atomic mass is 16.1. The van der Waals surface area contributed by atoms with Crippen LogP contribution >= 0.6 is 0 Å². The Morgan fingerprint density at radius 3 is 2.55 bits per heavy atom. The fourth-order valence-electron chi connectivity index (χ4n) is 3.72. The molecule has 1 aromatic carbocycles. The van der Waals surface area contributed by atoms with Gasteiger partial charge in [0.2, 0.25) is 0 Å². The monoisotopic (exact) mass is 437 g/mol. The molecule has 2 N–H and O–H groups in total. The number of nitrogens with one attached hydrogen (secondary N) is 2. The maximum atomic E-state index is 12.6. The van der Waals surface area contributed by atoms with E-state index in [2.05, 4.69) is 32.3 Å². The van der Waals surface area contributed by atoms with E-state index in [1.165, 1.54) is 0 Å². The lowest BCUT2D eigenvalue weighted by Gasteiger charge is -2.11. The third-order valence-corrected chi connectivity index (χ3v) is 5.40. The summed E-state index contributed by atoms with van der Waals surface area (Å²) in [5, 5.41) is 9.01. The summed E-state index contributed by atoms with van der Waals surface area (Å²) in [5.74, 6) is 1.17. The zero-order valence-electron chi connectivity index (χ0n) is 18.4. The lowest BCUT2D eigenvalue weighted by molar-refractivity contribution is 0.603. The highest BCUT2D eigenvalue weighted by Crippen LogP contribution is 2.28. The van der Waals surface area contributed by atoms with Crippen molar-refractivity contribution in [2.75, 3.05) is 5.32 Å². The van der Waals surface area contributed by atoms with Gasteiger partial charge in [-0.1, -0.05) is 19.1 Å². The molecule has 0 amide bonds. The third kappa shape index (κ3) is 4.23. The van der Waals surface area contributed by atoms with Crippen LogP contribution in [0.15, 0.2) is 72.2 Å². The van der Waals surface area contributed by atoms with Gasteiger partial charge >= 0.3 is 0 Å². The van der Waals surface area contributed by atoms with E-state index in [0.29, 0.717) is 22.7 Å². The number of H-pyrrole nitrogens is 1. The summed E-state index contributed by atoms with van der Waals surface area (Å²) in [6.45, 7) is 4.86. The molecule has 0 bridgehead atoms. The summed E-state index contributed by atoms with van der Waals surface area (Å²) >= 11 is 0. The van der Waals surface area contributed by atoms with Gasteiger partial charge in [-0.05, 0) is 48.6 Å². The zero-order chi connectivity index (χ0) is 22.8. The maximum Gasteiger partial charge on any atom is 0.259 e. The third-order valence-electron chi connectivity index (χ3n) is 5.40. The van der Waals surface area contributed by atoms with Crippen LogP contribution in [-0.4, -0.2) is 29.7 Å². The van der Waals surface area contributed by atoms with Crippen molar-refractivity contribution in [3.05, 3.63) is 83.6 Å². The standard InChI is InChI=1S/C25H23N7O/c1-3-10-32-15-20(14-29-32)17-4-6-21(7-5-17)30-24-23-18(8-9-26-25(23)33)11-22(31-24)19-12-27-16(2)28-13-19/h4-9,11-15H,3,10H2,1-2H3,(H,26,33)(H,30,31). The van der Waals surface area contributed by atoms with Gasteiger partial charge in [-0.25, -0.2) is 15.0 Å². The molecule has 0 fully saturated rings. The Labute approximate surface area is 190 Å². The summed E-state index contributed by atoms with van der Waals surface area (Å²) in [5.41, 5.74) is 4.24. The number of fused-ring (bicyclic) bond motifs is 1. The Morgan fingerprint density at radius 2 is 1.79 bits per heavy atom. The fourth-order valence-corrected chi connectivity index (χ4v) is 3.72. The second kappa shape index (κ2) is 8.66. The molecule has 0 unspecified atom stereocenters. The Bertz CT molecular complexity index is 1470. The number of nitrogens with zero attached hydrogens (tertiary/aromatic N) is 5. The number of pyridine rings is 2. The molecule has 4 heterocycles. The van der Waals surface area contributed by atoms with Crippen LogP contribution < -0.4 is 10.9 Å². The smallest absolute Gasteiger partial charge is 0.259 e. The molecule has 0 aliphatic rings. The molecule has 164 valence electrons. The largest absolute Gasteiger partial charge is 0.340 e. The number of benzene rings is 1. The molecule has 8 heteroatoms. The normalized spacial score (nSPS) is 11.1. The van der Waals surface area contributed by atoms with Crippen molar-refractivity contribution in [2.24, 2.45) is 0 Å². The van der Waals surface area contributed by atoms with E-state index in [1.807, 2.05) is 60.4 Å². The van der Waals surface area contributed by atoms with Crippen LogP contribution in [0.1, 0.15) is 19.2 Å². The van der Waals surface area contributed by atoms with Crippen molar-refractivity contribution >= 4 is 22.3 Å². The second-order valence-corrected chi connectivity index (χ2v) is 7.84. The summed E-state index contributed by atoms with van der Waals surface area (Å²) in [4.78, 5) is 28.6. The molecular weight excluding hydrogens is 414 g/mol. The molecule has 0 saturated carbocycles. The molecule has 0 aliphatic carbocycles. The van der Waals surface area contributed by atoms with E-state index in [9.17, 15) is 4.79 Å². The number of aryl methyl sites for hydroxylation is 2. The van der Waals surface area contributed by atoms with Gasteiger partial charge in [-0.2, -0.15) is 5.10 Å². The number of rotatable bonds is 6. The van der Waals surface area contributed by atoms with Gasteiger partial charge in [0.05, 0.1) is 17.3 Å². The first-order valence-corrected chi connectivity index (χ1v) is 10.8. The summed E-state index contributed by atoms with van der Waals surface area (Å²) in [6, 6.07) is 11.7. The van der Waals surface area contributed by atoms with Gasteiger partial charge < -0.3 is 10.3 Å². The molecule has 5 rings (SSSR count). The summed E-state index contributed by atoms with van der Waals surface area (Å²) < 4.78 is 1.95. The minimum Gasteiger partial charge on any atom is -0.340 e. The van der Waals surface area contributed by atoms with Crippen LogP contribution in [0, 0.1) is 6.92 Å². The minimum atomic E-state index is -0.200. The Balaban J connectivity index is 1.51. The number of hydrogen-bond acceptors (Lipinski definition) is 6. The van der Waals surface area contributed by atoms with Gasteiger partial charge in [0, 0.05) is 48.1 Å². The van der Waals surface area contributed by atoms with Crippen LogP contribution in [0.25, 0.3) is 33.2 Å². The van der Waals surface area contributed by atoms with Crippen molar-refractivity contribution in [3.8, 4) is 22.4 Å². The molecule has 33 heavy (non-hydrogen) atoms. The average Bonchev–Trinajstić information content (AvgIpc) is 3.29. The quantitative estimate of drug-likeness (QED) is 0.399. The van der Waals surface area contributed by atoms with Crippen molar-refractivity contribution in [1.82, 2.24) is 29.7 Å². The highest BCUT2D eigenvalue weighted by molar-refractivity contribution is 5.95. The van der Waals surface area contributed by atoms with E-state index >= 15 is 0 Å². The van der Waals surface area contributed by atoms with Crippen molar-refractivity contribution < 1.29 is 0 Å². The van der Waals surface area contributed by atoms with Crippen molar-refractivity contribution in [2.45, 2.75) is 26.8 Å². The molecule has 5 aromatic rings. The van der Waals surface area contributed by atoms with E-state index in [0.717, 1.165) is 40.7 Å². The van der Waals surface area contributed by atoms with Crippen molar-refractivity contribution in [1.29, 1.82) is 0 Å². The molecule has 0 aliphatic heterocycles. The number of aromatic nitrogens is 6. The van der Waals surface area contributed by atoms with Crippen LogP contribution in [0.3, 0.4) is 0 Å². The van der Waals surface area contributed by atoms with Crippen LogP contribution in [0.2, 0.25) is 0 Å². The lowest BCUT2D eigenvalue weighted by atomic mass is 10.1. The molecule has 0 spiro atoms. The van der Waals surface area contributed by atoms with E-state index in [1.54, 1.807) is 18.6 Å². The van der Waals surface area contributed by atoms with Crippen LogP contribution in [-0.2, 0) is 6.54 Å². The SMILES string of the molecule is CCCn1cc(-c2ccc(Nc3nc(-c4cnc(C)nc4)cc4cc[nH]c(=O)c34)cc2)cn1. The predicted octanol–water partition coefficient (Wildman–Crippen LogP) is 4.71. The Kier molecular flexibility index (Phi) is 5.40. The predicted molar refractivity (Wildman–Crippen MR) is 129 cm³/mol. The summed E-state index contributed by atoms with van der Waals surface area (Å²) in [7, 11) is 0. The first-order valence-electron chi connectivity index (χ1n) is 10.8. The molecule has 0 saturated heterocycles. The van der Waals surface area contributed by atoms with Crippen LogP contribution in [0.5, 0.6) is 0 Å². The summed E-state index contributed by atoms with van der Waals surface area (Å²) in [6.07, 6.45) is 10.1. The maximum absolute atomic E-state index is 12.6. The van der Waals surface area contributed by atoms with Gasteiger partial charge in [-0.3, -0.25) is 9.48 Å². The van der Waals surface area contributed by atoms with Gasteiger partial charge in [0.1, 0.15) is 11.6 Å². The fraction of sp³-hybridized carbons (Fsp3) is 0.160. The van der Waals surface area contributed by atoms with E-state index in [4.69, 9.17) is 4.98 Å². The molecule has 0 radical (unpaired) electrons. The molecular formula is C25H23N7O. The van der Waals surface area contributed by atoms with E-state index < -0.39 is 0 Å².